The van der Waals surface area contributed by atoms with Crippen molar-refractivity contribution in [3.63, 3.8) is 0 Å². The maximum atomic E-state index is 11.3. The van der Waals surface area contributed by atoms with Crippen LogP contribution in [0.2, 0.25) is 0 Å². The zero-order chi connectivity index (χ0) is 83.9. The summed E-state index contributed by atoms with van der Waals surface area (Å²) in [5.74, 6) is 4.45. The number of hydrogen-bond acceptors (Lipinski definition) is 6. The van der Waals surface area contributed by atoms with Crippen molar-refractivity contribution in [2.45, 2.75) is 357 Å². The van der Waals surface area contributed by atoms with Crippen molar-refractivity contribution in [3.05, 3.63) is 169 Å². The third-order valence-electron chi connectivity index (χ3n) is 11.3. The van der Waals surface area contributed by atoms with Crippen LogP contribution in [0.25, 0.3) is 10.9 Å². The molecule has 0 radical (unpaired) electrons. The van der Waals surface area contributed by atoms with Crippen LogP contribution in [0.1, 0.15) is 350 Å². The largest absolute Gasteiger partial charge is 0.351 e. The fourth-order valence-corrected chi connectivity index (χ4v) is 8.83. The van der Waals surface area contributed by atoms with E-state index in [9.17, 15) is 8.42 Å². The van der Waals surface area contributed by atoms with Crippen LogP contribution in [-0.4, -0.2) is 63.8 Å². The SMILES string of the molecule is C1=CCC=C1.C1CCCCC1.CC.CC.CC.CC.CC.CC.CC.CC(C)(C)C.CC(C)(C)c1ccccc1.CC(C)C.CC(C)C.CC(C)C.CC(C)C.CC(C)C.CN1CCCC1.Cc1c(C(C)(C)C)nnn1C.Cn1ccc2ccccc21.O=S1(=O)CCc2ccccc21.c1ccncc1. The molecule has 0 unspecified atom stereocenters. The Balaban J connectivity index is -0.0000000996. The number of likely N-dealkylation sites (tertiary alicyclic amines) is 1. The van der Waals surface area contributed by atoms with Gasteiger partial charge in [-0.15, -0.1) is 5.10 Å². The van der Waals surface area contributed by atoms with E-state index in [1.54, 1.807) is 29.2 Å². The molecule has 2 fully saturated rings. The van der Waals surface area contributed by atoms with Crippen LogP contribution >= 0.6 is 0 Å². The lowest BCUT2D eigenvalue weighted by Crippen LogP contribution is -2.13. The average molecular weight is 1470 g/mol. The van der Waals surface area contributed by atoms with E-state index in [1.807, 2.05) is 141 Å². The second kappa shape index (κ2) is 85.1. The molecule has 1 saturated carbocycles. The molecule has 4 aliphatic rings. The van der Waals surface area contributed by atoms with Gasteiger partial charge in [0.2, 0.25) is 0 Å². The lowest BCUT2D eigenvalue weighted by Gasteiger charge is -2.18. The summed E-state index contributed by atoms with van der Waals surface area (Å²) in [7, 11) is 3.24. The van der Waals surface area contributed by atoms with Gasteiger partial charge in [-0.2, -0.15) is 0 Å². The molecule has 5 heterocycles. The molecule has 6 aromatic rings. The van der Waals surface area contributed by atoms with Crippen LogP contribution < -0.4 is 0 Å². The van der Waals surface area contributed by atoms with Crippen molar-refractivity contribution in [2.24, 2.45) is 49.1 Å². The Morgan fingerprint density at radius 2 is 0.760 bits per heavy atom. The third kappa shape index (κ3) is 98.9. The van der Waals surface area contributed by atoms with Gasteiger partial charge < -0.3 is 9.47 Å². The van der Waals surface area contributed by atoms with Crippen molar-refractivity contribution in [3.8, 4) is 0 Å². The van der Waals surface area contributed by atoms with Crippen LogP contribution in [0, 0.1) is 41.9 Å². The van der Waals surface area contributed by atoms with E-state index in [4.69, 9.17) is 0 Å². The van der Waals surface area contributed by atoms with Crippen LogP contribution in [0.4, 0.5) is 0 Å². The van der Waals surface area contributed by atoms with Crippen LogP contribution in [0.3, 0.4) is 0 Å². The number of fused-ring (bicyclic) bond motifs is 2. The molecular weight excluding hydrogens is 1290 g/mol. The van der Waals surface area contributed by atoms with Gasteiger partial charge in [-0.1, -0.05) is 411 Å². The third-order valence-corrected chi connectivity index (χ3v) is 13.1. The van der Waals surface area contributed by atoms with Crippen LogP contribution in [0.5, 0.6) is 0 Å². The van der Waals surface area contributed by atoms with Gasteiger partial charge in [-0.3, -0.25) is 9.67 Å². The minimum atomic E-state index is -2.91. The maximum absolute atomic E-state index is 11.3. The summed E-state index contributed by atoms with van der Waals surface area (Å²) in [5.41, 5.74) is 6.79. The van der Waals surface area contributed by atoms with Crippen LogP contribution in [0.15, 0.2) is 151 Å². The number of sulfone groups is 1. The highest BCUT2D eigenvalue weighted by Crippen LogP contribution is 2.25. The Kier molecular flexibility index (Phi) is 100. The summed E-state index contributed by atoms with van der Waals surface area (Å²) < 4.78 is 26.4. The van der Waals surface area contributed by atoms with E-state index in [0.29, 0.717) is 22.1 Å². The van der Waals surface area contributed by atoms with E-state index in [2.05, 4.69) is 303 Å². The van der Waals surface area contributed by atoms with Gasteiger partial charge in [-0.25, -0.2) is 8.42 Å². The van der Waals surface area contributed by atoms with Gasteiger partial charge in [0.15, 0.2) is 9.84 Å². The summed E-state index contributed by atoms with van der Waals surface area (Å²) in [5, 5.41) is 9.36. The van der Waals surface area contributed by atoms with Crippen molar-refractivity contribution >= 4 is 20.7 Å². The first-order chi connectivity index (χ1) is 48.7. The molecule has 0 spiro atoms. The van der Waals surface area contributed by atoms with Crippen molar-refractivity contribution in [2.75, 3.05) is 25.9 Å². The second-order valence-electron chi connectivity index (χ2n) is 30.6. The molecule has 104 heavy (non-hydrogen) atoms. The number of hydrogen-bond donors (Lipinski definition) is 0. The van der Waals surface area contributed by atoms with Crippen molar-refractivity contribution in [1.29, 1.82) is 0 Å². The molecule has 0 bridgehead atoms. The highest BCUT2D eigenvalue weighted by Gasteiger charge is 2.25. The molecule has 0 atom stereocenters. The van der Waals surface area contributed by atoms with Crippen molar-refractivity contribution in [1.82, 2.24) is 29.4 Å². The summed E-state index contributed by atoms with van der Waals surface area (Å²) in [6.07, 6.45) is 27.6. The quantitative estimate of drug-likeness (QED) is 0.151. The van der Waals surface area contributed by atoms with Gasteiger partial charge in [0.05, 0.1) is 22.0 Å². The number of benzene rings is 3. The average Bonchev–Trinajstić information content (AvgIpc) is 1.67. The summed E-state index contributed by atoms with van der Waals surface area (Å²) in [4.78, 5) is 6.67. The number of pyridine rings is 1. The van der Waals surface area contributed by atoms with Gasteiger partial charge in [-0.05, 0) is 140 Å². The van der Waals surface area contributed by atoms with E-state index in [1.165, 1.54) is 80.9 Å². The number of nitrogens with zero attached hydrogens (tertiary/aromatic N) is 6. The smallest absolute Gasteiger partial charge is 0.178 e. The number of allylic oxidation sites excluding steroid dienone is 4. The molecule has 1 saturated heterocycles. The Bertz CT molecular complexity index is 2600. The normalized spacial score (nSPS) is 12.3. The maximum Gasteiger partial charge on any atom is 0.178 e. The van der Waals surface area contributed by atoms with E-state index in [0.717, 1.165) is 53.0 Å². The molecule has 0 amide bonds. The standard InChI is InChI=1S/C10H14.C9H9N.C8H15N3.C8H8O2S.C6H12.C5H11N.C5H5N.C5H6.C5H12.5C4H10.7C2H6/c1-10(2,3)9-7-5-4-6-8-9;1-10-7-6-8-4-2-3-5-9(8)10;1-6-7(8(2,3)4)9-10-11(6)5;9-11(10)6-5-7-3-1-2-4-8(7)11;1-2-4-6-5-3-1;1-6-4-2-3-5-6;1-2-4-6-5-3-1;1-2-4-5-3-1;1-5(2,3)4;5*1-4(2)3;7*1-2/h4-8H,1-3H3;2-7H,1H3;1-5H3;1-4H,5-6H2;1-6H2;2-5H2,1H3;1-5H;1-4H,5H2;1-4H3;5*4H,1-3H3;7*1-2H3. The van der Waals surface area contributed by atoms with E-state index in [-0.39, 0.29) is 11.2 Å². The molecule has 2 aliphatic heterocycles. The molecule has 9 heteroatoms. The first-order valence-electron chi connectivity index (χ1n) is 41.2. The van der Waals surface area contributed by atoms with Gasteiger partial charge >= 0.3 is 0 Å². The van der Waals surface area contributed by atoms with Gasteiger partial charge in [0.1, 0.15) is 0 Å². The monoisotopic (exact) mass is 1470 g/mol. The van der Waals surface area contributed by atoms with Gasteiger partial charge in [0.25, 0.3) is 0 Å². The fraction of sp³-hybridized carbons (Fsp3) is 0.674. The lowest BCUT2D eigenvalue weighted by atomic mass is 9.87. The van der Waals surface area contributed by atoms with E-state index < -0.39 is 9.84 Å². The number of aromatic nitrogens is 5. The molecule has 8 nitrogen and oxygen atoms in total. The Hall–Kier alpha value is -5.12. The second-order valence-corrected chi connectivity index (χ2v) is 32.7. The first-order valence-corrected chi connectivity index (χ1v) is 42.9. The molecule has 0 N–H and O–H groups in total. The molecular formula is C95H184N6O2S. The number of para-hydroxylation sites is 1. The summed E-state index contributed by atoms with van der Waals surface area (Å²) in [6.45, 7) is 87.0. The zero-order valence-corrected chi connectivity index (χ0v) is 78.7. The Morgan fingerprint density at radius 1 is 0.423 bits per heavy atom. The summed E-state index contributed by atoms with van der Waals surface area (Å²) in [6, 6.07) is 33.9. The number of aryl methyl sites for hydroxylation is 3. The molecule has 2 aliphatic carbocycles. The molecule has 612 valence electrons. The van der Waals surface area contributed by atoms with E-state index >= 15 is 0 Å². The Labute approximate surface area is 655 Å². The minimum absolute atomic E-state index is 0.109. The highest BCUT2D eigenvalue weighted by molar-refractivity contribution is 7.91. The zero-order valence-electron chi connectivity index (χ0n) is 77.8. The highest BCUT2D eigenvalue weighted by atomic mass is 32.2. The predicted octanol–water partition coefficient (Wildman–Crippen LogP) is 30.8. The topological polar surface area (TPSA) is 85.9 Å². The van der Waals surface area contributed by atoms with Crippen molar-refractivity contribution < 1.29 is 8.42 Å². The predicted molar refractivity (Wildman–Crippen MR) is 483 cm³/mol. The fourth-order valence-electron chi connectivity index (χ4n) is 7.27. The summed E-state index contributed by atoms with van der Waals surface area (Å²) >= 11 is 0. The Morgan fingerprint density at radius 3 is 1.00 bits per heavy atom. The van der Waals surface area contributed by atoms with Gasteiger partial charge in [0, 0.05) is 43.6 Å². The first kappa shape index (κ1) is 123. The minimum Gasteiger partial charge on any atom is -0.351 e. The molecule has 3 aromatic carbocycles. The molecule has 10 rings (SSSR count). The number of rotatable bonds is 0. The lowest BCUT2D eigenvalue weighted by molar-refractivity contribution is 0.418. The van der Waals surface area contributed by atoms with Crippen LogP contribution in [-0.2, 0) is 41.2 Å². The molecule has 3 aromatic heterocycles.